The molecule has 0 bridgehead atoms. The van der Waals surface area contributed by atoms with Crippen molar-refractivity contribution in [3.63, 3.8) is 0 Å². The van der Waals surface area contributed by atoms with E-state index in [2.05, 4.69) is 0 Å². The van der Waals surface area contributed by atoms with Crippen molar-refractivity contribution in [2.24, 2.45) is 5.92 Å². The zero-order chi connectivity index (χ0) is 13.8. The van der Waals surface area contributed by atoms with Crippen LogP contribution in [0.2, 0.25) is 0 Å². The molecule has 0 aromatic heterocycles. The Hall–Kier alpha value is -1.80. The molecule has 1 N–H and O–H groups in total. The average Bonchev–Trinajstić information content (AvgIpc) is 3.31. The van der Waals surface area contributed by atoms with Crippen molar-refractivity contribution in [1.29, 1.82) is 0 Å². The molecule has 0 aliphatic heterocycles. The van der Waals surface area contributed by atoms with Crippen LogP contribution in [0.3, 0.4) is 0 Å². The first-order valence-electron chi connectivity index (χ1n) is 7.26. The van der Waals surface area contributed by atoms with E-state index >= 15 is 0 Å². The van der Waals surface area contributed by atoms with E-state index in [0.717, 1.165) is 29.2 Å². The van der Waals surface area contributed by atoms with E-state index in [1.54, 1.807) is 0 Å². The Bertz CT molecular complexity index is 529. The highest BCUT2D eigenvalue weighted by atomic mass is 16.5. The van der Waals surface area contributed by atoms with Gasteiger partial charge in [0.15, 0.2) is 0 Å². The van der Waals surface area contributed by atoms with Gasteiger partial charge in [0.1, 0.15) is 12.4 Å². The normalized spacial score (nSPS) is 15.8. The molecule has 2 aromatic rings. The number of aliphatic hydroxyl groups excluding tert-OH is 1. The first-order chi connectivity index (χ1) is 9.81. The number of rotatable bonds is 6. The van der Waals surface area contributed by atoms with E-state index in [1.807, 2.05) is 54.6 Å². The van der Waals surface area contributed by atoms with E-state index in [1.165, 1.54) is 12.8 Å². The first-order valence-corrected chi connectivity index (χ1v) is 7.26. The molecule has 1 aliphatic carbocycles. The summed E-state index contributed by atoms with van der Waals surface area (Å²) in [4.78, 5) is 0. The third-order valence-corrected chi connectivity index (χ3v) is 3.77. The summed E-state index contributed by atoms with van der Waals surface area (Å²) in [5.41, 5.74) is 2.15. The Balaban J connectivity index is 1.55. The quantitative estimate of drug-likeness (QED) is 0.854. The van der Waals surface area contributed by atoms with Gasteiger partial charge in [-0.05, 0) is 35.6 Å². The van der Waals surface area contributed by atoms with Crippen molar-refractivity contribution >= 4 is 0 Å². The molecule has 1 saturated carbocycles. The van der Waals surface area contributed by atoms with Gasteiger partial charge in [0, 0.05) is 0 Å². The summed E-state index contributed by atoms with van der Waals surface area (Å²) in [6, 6.07) is 17.9. The first kappa shape index (κ1) is 13.2. The zero-order valence-corrected chi connectivity index (χ0v) is 11.5. The summed E-state index contributed by atoms with van der Waals surface area (Å²) in [7, 11) is 0. The minimum atomic E-state index is -0.328. The number of ether oxygens (including phenoxy) is 1. The van der Waals surface area contributed by atoms with Crippen molar-refractivity contribution in [2.75, 3.05) is 0 Å². The predicted octanol–water partition coefficient (Wildman–Crippen LogP) is 4.10. The van der Waals surface area contributed by atoms with Crippen LogP contribution in [0.1, 0.15) is 36.5 Å². The third kappa shape index (κ3) is 3.61. The maximum absolute atomic E-state index is 10.1. The van der Waals surface area contributed by atoms with Gasteiger partial charge in [0.05, 0.1) is 6.10 Å². The number of benzene rings is 2. The van der Waals surface area contributed by atoms with Gasteiger partial charge in [-0.1, -0.05) is 55.3 Å². The predicted molar refractivity (Wildman–Crippen MR) is 79.5 cm³/mol. The lowest BCUT2D eigenvalue weighted by molar-refractivity contribution is 0.160. The highest BCUT2D eigenvalue weighted by Crippen LogP contribution is 2.37. The molecule has 2 heteroatoms. The van der Waals surface area contributed by atoms with Crippen molar-refractivity contribution in [3.05, 3.63) is 65.7 Å². The fourth-order valence-corrected chi connectivity index (χ4v) is 2.33. The van der Waals surface area contributed by atoms with Crippen molar-refractivity contribution in [1.82, 2.24) is 0 Å². The molecule has 0 amide bonds. The second-order valence-corrected chi connectivity index (χ2v) is 5.54. The third-order valence-electron chi connectivity index (χ3n) is 3.77. The lowest BCUT2D eigenvalue weighted by Gasteiger charge is -2.11. The molecule has 2 nitrogen and oxygen atoms in total. The molecule has 1 fully saturated rings. The smallest absolute Gasteiger partial charge is 0.119 e. The van der Waals surface area contributed by atoms with Crippen LogP contribution in [0, 0.1) is 5.92 Å². The molecule has 0 radical (unpaired) electrons. The van der Waals surface area contributed by atoms with Crippen LogP contribution in [0.15, 0.2) is 54.6 Å². The van der Waals surface area contributed by atoms with Crippen LogP contribution in [-0.4, -0.2) is 5.11 Å². The summed E-state index contributed by atoms with van der Waals surface area (Å²) in [6.07, 6.45) is 3.11. The molecular weight excluding hydrogens is 248 g/mol. The van der Waals surface area contributed by atoms with Crippen LogP contribution < -0.4 is 4.74 Å². The largest absolute Gasteiger partial charge is 0.489 e. The Morgan fingerprint density at radius 1 is 1.00 bits per heavy atom. The Morgan fingerprint density at radius 2 is 1.70 bits per heavy atom. The number of hydrogen-bond acceptors (Lipinski definition) is 2. The van der Waals surface area contributed by atoms with Gasteiger partial charge in [-0.3, -0.25) is 0 Å². The molecule has 2 aromatic carbocycles. The zero-order valence-electron chi connectivity index (χ0n) is 11.5. The minimum absolute atomic E-state index is 0.328. The standard InChI is InChI=1S/C18H20O2/c19-18(12-14-6-7-14)16-8-10-17(11-9-16)20-13-15-4-2-1-3-5-15/h1-5,8-11,14,18-19H,6-7,12-13H2. The van der Waals surface area contributed by atoms with Crippen LogP contribution >= 0.6 is 0 Å². The molecule has 0 spiro atoms. The second kappa shape index (κ2) is 6.10. The Labute approximate surface area is 120 Å². The fourth-order valence-electron chi connectivity index (χ4n) is 2.33. The molecule has 1 aliphatic rings. The molecule has 20 heavy (non-hydrogen) atoms. The minimum Gasteiger partial charge on any atom is -0.489 e. The maximum Gasteiger partial charge on any atom is 0.119 e. The molecule has 0 saturated heterocycles. The van der Waals surface area contributed by atoms with Crippen molar-refractivity contribution in [3.8, 4) is 5.75 Å². The summed E-state index contributed by atoms with van der Waals surface area (Å²) in [5, 5.41) is 10.1. The molecule has 1 atom stereocenters. The topological polar surface area (TPSA) is 29.5 Å². The molecule has 1 unspecified atom stereocenters. The SMILES string of the molecule is OC(CC1CC1)c1ccc(OCc2ccccc2)cc1. The highest BCUT2D eigenvalue weighted by Gasteiger charge is 2.25. The lowest BCUT2D eigenvalue weighted by atomic mass is 10.0. The van der Waals surface area contributed by atoms with Gasteiger partial charge >= 0.3 is 0 Å². The van der Waals surface area contributed by atoms with Gasteiger partial charge < -0.3 is 9.84 Å². The Kier molecular flexibility index (Phi) is 4.03. The van der Waals surface area contributed by atoms with E-state index in [9.17, 15) is 5.11 Å². The van der Waals surface area contributed by atoms with Crippen molar-refractivity contribution in [2.45, 2.75) is 32.0 Å². The van der Waals surface area contributed by atoms with E-state index in [-0.39, 0.29) is 6.10 Å². The van der Waals surface area contributed by atoms with E-state index in [0.29, 0.717) is 6.61 Å². The monoisotopic (exact) mass is 268 g/mol. The maximum atomic E-state index is 10.1. The molecule has 104 valence electrons. The van der Waals surface area contributed by atoms with Crippen molar-refractivity contribution < 1.29 is 9.84 Å². The summed E-state index contributed by atoms with van der Waals surface area (Å²) < 4.78 is 5.74. The summed E-state index contributed by atoms with van der Waals surface area (Å²) in [6.45, 7) is 0.574. The molecular formula is C18H20O2. The Morgan fingerprint density at radius 3 is 2.35 bits per heavy atom. The van der Waals surface area contributed by atoms with Crippen LogP contribution in [0.4, 0.5) is 0 Å². The van der Waals surface area contributed by atoms with E-state index < -0.39 is 0 Å². The van der Waals surface area contributed by atoms with Gasteiger partial charge in [-0.15, -0.1) is 0 Å². The van der Waals surface area contributed by atoms with Crippen LogP contribution in [0.25, 0.3) is 0 Å². The molecule has 0 heterocycles. The number of hydrogen-bond donors (Lipinski definition) is 1. The van der Waals surface area contributed by atoms with Gasteiger partial charge in [0.25, 0.3) is 0 Å². The van der Waals surface area contributed by atoms with Gasteiger partial charge in [-0.2, -0.15) is 0 Å². The van der Waals surface area contributed by atoms with Crippen LogP contribution in [0.5, 0.6) is 5.75 Å². The summed E-state index contributed by atoms with van der Waals surface area (Å²) in [5.74, 6) is 1.58. The average molecular weight is 268 g/mol. The summed E-state index contributed by atoms with van der Waals surface area (Å²) >= 11 is 0. The molecule has 3 rings (SSSR count). The highest BCUT2D eigenvalue weighted by molar-refractivity contribution is 5.29. The van der Waals surface area contributed by atoms with Gasteiger partial charge in [0.2, 0.25) is 0 Å². The lowest BCUT2D eigenvalue weighted by Crippen LogP contribution is -1.99. The second-order valence-electron chi connectivity index (χ2n) is 5.54. The number of aliphatic hydroxyl groups is 1. The fraction of sp³-hybridized carbons (Fsp3) is 0.333. The van der Waals surface area contributed by atoms with Crippen LogP contribution in [-0.2, 0) is 6.61 Å². The van der Waals surface area contributed by atoms with E-state index in [4.69, 9.17) is 4.74 Å². The van der Waals surface area contributed by atoms with Gasteiger partial charge in [-0.25, -0.2) is 0 Å².